The summed E-state index contributed by atoms with van der Waals surface area (Å²) in [6.45, 7) is 14.6. The van der Waals surface area contributed by atoms with Crippen molar-refractivity contribution in [3.05, 3.63) is 89.4 Å². The fourth-order valence-corrected chi connectivity index (χ4v) is 3.71. The van der Waals surface area contributed by atoms with Gasteiger partial charge >= 0.3 is 0 Å². The van der Waals surface area contributed by atoms with Crippen LogP contribution in [0.5, 0.6) is 0 Å². The molecule has 4 aromatic rings. The predicted molar refractivity (Wildman–Crippen MR) is 127 cm³/mol. The van der Waals surface area contributed by atoms with Crippen molar-refractivity contribution in [1.29, 1.82) is 0 Å². The number of nitrogens with one attached hydrogen (secondary N) is 1. The third-order valence-corrected chi connectivity index (χ3v) is 5.79. The van der Waals surface area contributed by atoms with Gasteiger partial charge in [-0.2, -0.15) is 0 Å². The van der Waals surface area contributed by atoms with Crippen LogP contribution in [0.4, 0.5) is 11.4 Å². The van der Waals surface area contributed by atoms with Crippen molar-refractivity contribution in [3.8, 4) is 11.1 Å². The van der Waals surface area contributed by atoms with E-state index in [1.165, 1.54) is 16.8 Å². The Bertz CT molecular complexity index is 1230. The summed E-state index contributed by atoms with van der Waals surface area (Å²) in [6.07, 6.45) is 9.47. The van der Waals surface area contributed by atoms with Crippen molar-refractivity contribution >= 4 is 17.0 Å². The Hall–Kier alpha value is -3.65. The lowest BCUT2D eigenvalue weighted by Gasteiger charge is -2.14. The largest absolute Gasteiger partial charge is 0.382 e. The molecule has 4 rings (SSSR count). The molecule has 3 heterocycles. The van der Waals surface area contributed by atoms with E-state index >= 15 is 0 Å². The lowest BCUT2D eigenvalue weighted by atomic mass is 10.1. The number of aryl methyl sites for hydroxylation is 1. The summed E-state index contributed by atoms with van der Waals surface area (Å²) in [5.74, 6) is 0.401. The third kappa shape index (κ3) is 4.44. The van der Waals surface area contributed by atoms with Crippen LogP contribution < -0.4 is 5.32 Å². The Labute approximate surface area is 183 Å². The number of imidazole rings is 1. The highest BCUT2D eigenvalue weighted by atomic mass is 15.0. The summed E-state index contributed by atoms with van der Waals surface area (Å²) < 4.78 is 2.18. The molecule has 0 radical (unpaired) electrons. The van der Waals surface area contributed by atoms with E-state index in [1.807, 2.05) is 18.5 Å². The van der Waals surface area contributed by atoms with Gasteiger partial charge in [0.1, 0.15) is 0 Å². The number of hydrogen-bond acceptors (Lipinski definition) is 3. The van der Waals surface area contributed by atoms with Crippen molar-refractivity contribution in [1.82, 2.24) is 14.4 Å². The predicted octanol–water partition coefficient (Wildman–Crippen LogP) is 6.42. The topological polar surface area (TPSA) is 46.6 Å². The molecular weight excluding hydrogens is 382 g/mol. The first kappa shape index (κ1) is 20.6. The van der Waals surface area contributed by atoms with Crippen LogP contribution in [0.25, 0.3) is 21.6 Å². The van der Waals surface area contributed by atoms with E-state index in [0.29, 0.717) is 11.6 Å². The molecule has 1 N–H and O–H groups in total. The Balaban J connectivity index is 1.71. The fourth-order valence-electron chi connectivity index (χ4n) is 3.71. The molecule has 0 aliphatic rings. The molecule has 0 saturated carbocycles. The minimum absolute atomic E-state index is 0.401. The van der Waals surface area contributed by atoms with Gasteiger partial charge in [0.15, 0.2) is 5.65 Å². The molecule has 0 bridgehead atoms. The van der Waals surface area contributed by atoms with Gasteiger partial charge in [0.2, 0.25) is 5.69 Å². The van der Waals surface area contributed by atoms with Crippen molar-refractivity contribution in [3.63, 3.8) is 0 Å². The van der Waals surface area contributed by atoms with Gasteiger partial charge in [0, 0.05) is 42.6 Å². The Morgan fingerprint density at radius 3 is 2.65 bits per heavy atom. The molecular formula is C26H27N5. The summed E-state index contributed by atoms with van der Waals surface area (Å²) in [5, 5.41) is 3.60. The molecule has 156 valence electrons. The highest BCUT2D eigenvalue weighted by Crippen LogP contribution is 2.30. The van der Waals surface area contributed by atoms with Crippen molar-refractivity contribution in [2.45, 2.75) is 39.5 Å². The Kier molecular flexibility index (Phi) is 5.99. The highest BCUT2D eigenvalue weighted by molar-refractivity contribution is 5.77. The third-order valence-electron chi connectivity index (χ3n) is 5.79. The number of nitrogens with zero attached hydrogens (tertiary/aromatic N) is 4. The summed E-state index contributed by atoms with van der Waals surface area (Å²) in [5.41, 5.74) is 8.19. The standard InChI is InChI=1S/C26H27N5/c1-5-19(3)25-16-30-26-24(29-11-10-20-8-6-18(2)7-9-20)13-22(17-31(25)26)21-12-23(27-4)15-28-14-21/h6-9,12-17,19,29H,5,10-11H2,1-3H3. The zero-order valence-electron chi connectivity index (χ0n) is 18.3. The van der Waals surface area contributed by atoms with Crippen LogP contribution in [-0.4, -0.2) is 20.9 Å². The number of fused-ring (bicyclic) bond motifs is 1. The van der Waals surface area contributed by atoms with Crippen LogP contribution in [0.1, 0.15) is 43.0 Å². The zero-order chi connectivity index (χ0) is 21.8. The summed E-state index contributed by atoms with van der Waals surface area (Å²) >= 11 is 0. The van der Waals surface area contributed by atoms with Crippen LogP contribution in [-0.2, 0) is 6.42 Å². The Morgan fingerprint density at radius 2 is 1.90 bits per heavy atom. The second kappa shape index (κ2) is 9.01. The summed E-state index contributed by atoms with van der Waals surface area (Å²) in [4.78, 5) is 12.5. The van der Waals surface area contributed by atoms with Crippen LogP contribution in [0.15, 0.2) is 61.2 Å². The number of hydrogen-bond donors (Lipinski definition) is 1. The van der Waals surface area contributed by atoms with Crippen LogP contribution in [0.2, 0.25) is 0 Å². The number of benzene rings is 1. The number of pyridine rings is 2. The normalized spacial score (nSPS) is 11.9. The lowest BCUT2D eigenvalue weighted by Crippen LogP contribution is -2.07. The lowest BCUT2D eigenvalue weighted by molar-refractivity contribution is 0.701. The van der Waals surface area contributed by atoms with Crippen LogP contribution >= 0.6 is 0 Å². The van der Waals surface area contributed by atoms with Gasteiger partial charge in [-0.25, -0.2) is 9.83 Å². The van der Waals surface area contributed by atoms with Gasteiger partial charge < -0.3 is 9.72 Å². The molecule has 0 spiro atoms. The highest BCUT2D eigenvalue weighted by Gasteiger charge is 2.15. The van der Waals surface area contributed by atoms with E-state index in [-0.39, 0.29) is 0 Å². The minimum atomic E-state index is 0.401. The second-order valence-corrected chi connectivity index (χ2v) is 8.03. The van der Waals surface area contributed by atoms with Crippen molar-refractivity contribution in [2.24, 2.45) is 0 Å². The molecule has 0 aliphatic heterocycles. The monoisotopic (exact) mass is 409 g/mol. The van der Waals surface area contributed by atoms with Gasteiger partial charge in [-0.1, -0.05) is 43.7 Å². The molecule has 5 heteroatoms. The molecule has 1 unspecified atom stereocenters. The van der Waals surface area contributed by atoms with E-state index in [4.69, 9.17) is 11.6 Å². The van der Waals surface area contributed by atoms with E-state index in [2.05, 4.69) is 76.8 Å². The quantitative estimate of drug-likeness (QED) is 0.358. The maximum atomic E-state index is 7.31. The number of rotatable bonds is 7. The maximum absolute atomic E-state index is 7.31. The van der Waals surface area contributed by atoms with Gasteiger partial charge in [-0.05, 0) is 48.9 Å². The van der Waals surface area contributed by atoms with Crippen molar-refractivity contribution in [2.75, 3.05) is 11.9 Å². The summed E-state index contributed by atoms with van der Waals surface area (Å²) in [7, 11) is 0. The molecule has 31 heavy (non-hydrogen) atoms. The van der Waals surface area contributed by atoms with E-state index in [9.17, 15) is 0 Å². The van der Waals surface area contributed by atoms with Crippen molar-refractivity contribution < 1.29 is 0 Å². The maximum Gasteiger partial charge on any atom is 0.205 e. The zero-order valence-corrected chi connectivity index (χ0v) is 18.3. The molecule has 3 aromatic heterocycles. The number of anilines is 1. The molecule has 5 nitrogen and oxygen atoms in total. The Morgan fingerprint density at radius 1 is 1.10 bits per heavy atom. The van der Waals surface area contributed by atoms with Crippen LogP contribution in [0, 0.1) is 13.5 Å². The van der Waals surface area contributed by atoms with E-state index in [0.717, 1.165) is 41.8 Å². The minimum Gasteiger partial charge on any atom is -0.382 e. The first-order valence-corrected chi connectivity index (χ1v) is 10.7. The first-order valence-electron chi connectivity index (χ1n) is 10.7. The molecule has 0 saturated heterocycles. The second-order valence-electron chi connectivity index (χ2n) is 8.03. The van der Waals surface area contributed by atoms with Gasteiger partial charge in [0.25, 0.3) is 0 Å². The average molecular weight is 410 g/mol. The molecule has 0 fully saturated rings. The fraction of sp³-hybridized carbons (Fsp3) is 0.269. The average Bonchev–Trinajstić information content (AvgIpc) is 3.24. The molecule has 0 amide bonds. The van der Waals surface area contributed by atoms with Gasteiger partial charge in [0.05, 0.1) is 12.3 Å². The number of aromatic nitrogens is 3. The smallest absolute Gasteiger partial charge is 0.205 e. The SMILES string of the molecule is [C-]#[N+]c1cncc(-c2cc(NCCc3ccc(C)cc3)c3ncc(C(C)CC)n3c2)c1. The molecule has 0 aliphatic carbocycles. The van der Waals surface area contributed by atoms with Gasteiger partial charge in [-0.3, -0.25) is 4.98 Å². The first-order chi connectivity index (χ1) is 15.1. The van der Waals surface area contributed by atoms with E-state index < -0.39 is 0 Å². The van der Waals surface area contributed by atoms with E-state index in [1.54, 1.807) is 6.20 Å². The molecule has 1 aromatic carbocycles. The summed E-state index contributed by atoms with van der Waals surface area (Å²) in [6, 6.07) is 12.7. The molecule has 1 atom stereocenters. The van der Waals surface area contributed by atoms with Crippen LogP contribution in [0.3, 0.4) is 0 Å². The van der Waals surface area contributed by atoms with Gasteiger partial charge in [-0.15, -0.1) is 0 Å².